The highest BCUT2D eigenvalue weighted by molar-refractivity contribution is 8.01. The molecule has 0 radical (unpaired) electrons. The predicted octanol–water partition coefficient (Wildman–Crippen LogP) is 15.9. The van der Waals surface area contributed by atoms with Crippen LogP contribution in [0.3, 0.4) is 0 Å². The van der Waals surface area contributed by atoms with Gasteiger partial charge < -0.3 is 14.2 Å². The summed E-state index contributed by atoms with van der Waals surface area (Å²) in [6.07, 6.45) is 0. The average molecular weight is 939 g/mol. The van der Waals surface area contributed by atoms with Gasteiger partial charge >= 0.3 is 0 Å². The smallest absolute Gasteiger partial charge is 0.247 e. The van der Waals surface area contributed by atoms with E-state index in [4.69, 9.17) is 11.3 Å². The van der Waals surface area contributed by atoms with Gasteiger partial charge in [-0.25, -0.2) is 0 Å². The Morgan fingerprint density at radius 2 is 1.07 bits per heavy atom. The summed E-state index contributed by atoms with van der Waals surface area (Å²) in [5.74, 6) is 0. The van der Waals surface area contributed by atoms with Crippen molar-refractivity contribution in [1.82, 2.24) is 0 Å². The molecule has 0 fully saturated rings. The van der Waals surface area contributed by atoms with Crippen molar-refractivity contribution in [2.75, 3.05) is 9.80 Å². The van der Waals surface area contributed by atoms with Crippen LogP contribution < -0.4 is 26.2 Å². The molecule has 69 heavy (non-hydrogen) atoms. The normalized spacial score (nSPS) is 13.5. The lowest BCUT2D eigenvalue weighted by Gasteiger charge is -2.35. The minimum atomic E-state index is -0.436. The Kier molecular flexibility index (Phi) is 8.23. The maximum absolute atomic E-state index is 9.67. The molecule has 0 saturated carbocycles. The molecule has 2 aromatic heterocycles. The minimum Gasteiger partial charge on any atom is -0.456 e. The lowest BCUT2D eigenvalue weighted by Crippen LogP contribution is -2.58. The van der Waals surface area contributed by atoms with Gasteiger partial charge in [-0.05, 0) is 144 Å². The lowest BCUT2D eigenvalue weighted by atomic mass is 9.36. The number of para-hydroxylation sites is 3. The number of nitrogens with zero attached hydrogens (tertiary/aromatic N) is 3. The molecule has 0 N–H and O–H groups in total. The first-order chi connectivity index (χ1) is 36.2. The molecule has 4 heterocycles. The number of thiophene rings is 1. The molecule has 0 aliphatic carbocycles. The van der Waals surface area contributed by atoms with Gasteiger partial charge in [0.2, 0.25) is 6.71 Å². The third kappa shape index (κ3) is 6.61. The first-order valence-corrected chi connectivity index (χ1v) is 25.0. The number of fused-ring (bicyclic) bond motifs is 11. The van der Waals surface area contributed by atoms with E-state index in [2.05, 4.69) is 120 Å². The first-order valence-electron chi connectivity index (χ1n) is 25.1. The van der Waals surface area contributed by atoms with E-state index in [-0.39, 0.29) is 24.5 Å². The highest BCUT2D eigenvalue weighted by Crippen LogP contribution is 2.47. The van der Waals surface area contributed by atoms with E-state index >= 15 is 0 Å². The molecule has 322 valence electrons. The summed E-state index contributed by atoms with van der Waals surface area (Å²) in [4.78, 5) is 8.39. The minimum absolute atomic E-state index is 0.0824. The number of hydrogen-bond acceptors (Lipinski definition) is 7. The Morgan fingerprint density at radius 1 is 0.464 bits per heavy atom. The largest absolute Gasteiger partial charge is 0.456 e. The fraction of sp³-hybridized carbons (Fsp3) is 0. The van der Waals surface area contributed by atoms with Gasteiger partial charge in [0.1, 0.15) is 11.2 Å². The molecule has 2 aliphatic rings. The molecule has 8 heteroatoms. The first kappa shape index (κ1) is 35.3. The van der Waals surface area contributed by atoms with Gasteiger partial charge in [-0.3, -0.25) is 0 Å². The summed E-state index contributed by atoms with van der Waals surface area (Å²) in [5.41, 5.74) is 12.2. The second kappa shape index (κ2) is 16.1. The molecular formula is C61H36BN3OS3. The van der Waals surface area contributed by atoms with Gasteiger partial charge in [-0.2, -0.15) is 5.26 Å². The summed E-state index contributed by atoms with van der Waals surface area (Å²) in [6, 6.07) is 65.0. The number of nitriles is 1. The molecule has 12 aromatic rings. The predicted molar refractivity (Wildman–Crippen MR) is 292 cm³/mol. The van der Waals surface area contributed by atoms with E-state index in [0.717, 1.165) is 75.2 Å². The number of rotatable bonds is 7. The van der Waals surface area contributed by atoms with Crippen molar-refractivity contribution < 1.29 is 11.3 Å². The van der Waals surface area contributed by atoms with Crippen LogP contribution in [0.15, 0.2) is 242 Å². The summed E-state index contributed by atoms with van der Waals surface area (Å²) in [5, 5.41) is 14.3. The molecule has 0 atom stereocenters. The van der Waals surface area contributed by atoms with Crippen molar-refractivity contribution in [2.24, 2.45) is 0 Å². The van der Waals surface area contributed by atoms with E-state index in [0.29, 0.717) is 16.9 Å². The van der Waals surface area contributed by atoms with E-state index in [9.17, 15) is 5.26 Å². The van der Waals surface area contributed by atoms with Crippen LogP contribution in [0.25, 0.3) is 53.2 Å². The second-order valence-electron chi connectivity index (χ2n) is 17.2. The lowest BCUT2D eigenvalue weighted by molar-refractivity contribution is 0.669. The van der Waals surface area contributed by atoms with E-state index in [1.807, 2.05) is 78.9 Å². The monoisotopic (exact) mass is 938 g/mol. The number of furan rings is 1. The molecular weight excluding hydrogens is 898 g/mol. The Hall–Kier alpha value is -7.93. The van der Waals surface area contributed by atoms with Crippen LogP contribution in [-0.2, 0) is 0 Å². The highest BCUT2D eigenvalue weighted by atomic mass is 32.2. The number of anilines is 6. The SMILES string of the molecule is [2H]c1c([2H])c([2H])c(N(c2ccccc2)c2ccc3c(c2)Sc2cc(-c4ccc5c(c4)oc4ccc6sc7ccccc7c6c45)cc4c2B3c2ccc(N(c3ccccc3)c3ccc(C#N)cc3)cc2S4)c([2H])c1[2H]. The van der Waals surface area contributed by atoms with Gasteiger partial charge in [0.15, 0.2) is 0 Å². The van der Waals surface area contributed by atoms with Gasteiger partial charge in [0.25, 0.3) is 0 Å². The van der Waals surface area contributed by atoms with Crippen molar-refractivity contribution >= 4 is 134 Å². The molecule has 0 amide bonds. The van der Waals surface area contributed by atoms with Gasteiger partial charge in [-0.15, -0.1) is 11.3 Å². The fourth-order valence-electron chi connectivity index (χ4n) is 10.2. The van der Waals surface area contributed by atoms with Crippen LogP contribution >= 0.6 is 34.9 Å². The summed E-state index contributed by atoms with van der Waals surface area (Å²) in [6.45, 7) is -0.142. The highest BCUT2D eigenvalue weighted by Gasteiger charge is 2.39. The summed E-state index contributed by atoms with van der Waals surface area (Å²) in [7, 11) is 0. The Balaban J connectivity index is 0.955. The van der Waals surface area contributed by atoms with Gasteiger partial charge in [0.05, 0.1) is 18.5 Å². The van der Waals surface area contributed by atoms with Crippen LogP contribution in [0.1, 0.15) is 12.4 Å². The third-order valence-electron chi connectivity index (χ3n) is 13.3. The standard InChI is InChI=1S/C61H36BN3OS3/c63-37-38-20-23-44(24-21-38)65(43-16-8-3-9-17-43)46-26-29-50-56(36-46)69-58-34-40(39-22-27-47-52(32-39)66-51-30-31-54-60(59(47)51)48-18-10-11-19-53(48)67-54)33-57-61(58)62(50)49-28-25-45(35-55(49)68-57)64(41-12-4-1-5-13-41)42-14-6-2-7-15-42/h1-36H/i1D,4D,5D,12D,13D. The van der Waals surface area contributed by atoms with E-state index in [1.165, 1.54) is 31.1 Å². The molecule has 10 aromatic carbocycles. The molecule has 2 aliphatic heterocycles. The quantitative estimate of drug-likeness (QED) is 0.148. The number of benzene rings is 10. The molecule has 14 rings (SSSR count). The van der Waals surface area contributed by atoms with Gasteiger partial charge in [0, 0.05) is 84.7 Å². The molecule has 4 nitrogen and oxygen atoms in total. The van der Waals surface area contributed by atoms with Crippen molar-refractivity contribution in [3.05, 3.63) is 224 Å². The maximum Gasteiger partial charge on any atom is 0.247 e. The molecule has 0 unspecified atom stereocenters. The van der Waals surface area contributed by atoms with Crippen LogP contribution in [0.4, 0.5) is 34.1 Å². The van der Waals surface area contributed by atoms with Crippen molar-refractivity contribution in [3.8, 4) is 17.2 Å². The molecule has 0 saturated heterocycles. The number of hydrogen-bond donors (Lipinski definition) is 0. The van der Waals surface area contributed by atoms with Crippen LogP contribution in [0.5, 0.6) is 0 Å². The molecule has 0 spiro atoms. The van der Waals surface area contributed by atoms with Crippen molar-refractivity contribution in [2.45, 2.75) is 19.6 Å². The van der Waals surface area contributed by atoms with E-state index < -0.39 is 18.1 Å². The Morgan fingerprint density at radius 3 is 1.74 bits per heavy atom. The van der Waals surface area contributed by atoms with Crippen molar-refractivity contribution in [3.63, 3.8) is 0 Å². The summed E-state index contributed by atoms with van der Waals surface area (Å²) >= 11 is 5.28. The Labute approximate surface area is 418 Å². The van der Waals surface area contributed by atoms with Crippen LogP contribution in [-0.4, -0.2) is 6.71 Å². The zero-order chi connectivity index (χ0) is 49.9. The van der Waals surface area contributed by atoms with Crippen LogP contribution in [0, 0.1) is 11.3 Å². The van der Waals surface area contributed by atoms with Crippen LogP contribution in [0.2, 0.25) is 0 Å². The zero-order valence-corrected chi connectivity index (χ0v) is 38.9. The topological polar surface area (TPSA) is 43.4 Å². The Bertz CT molecular complexity index is 4340. The fourth-order valence-corrected chi connectivity index (χ4v) is 13.9. The third-order valence-corrected chi connectivity index (χ3v) is 16.7. The summed E-state index contributed by atoms with van der Waals surface area (Å²) < 4.78 is 53.1. The van der Waals surface area contributed by atoms with Crippen molar-refractivity contribution in [1.29, 1.82) is 5.26 Å². The van der Waals surface area contributed by atoms with E-state index in [1.54, 1.807) is 39.8 Å². The zero-order valence-electron chi connectivity index (χ0n) is 41.4. The average Bonchev–Trinajstić information content (AvgIpc) is 4.07. The van der Waals surface area contributed by atoms with Gasteiger partial charge in [-0.1, -0.05) is 125 Å². The molecule has 0 bridgehead atoms. The maximum atomic E-state index is 9.67. The second-order valence-corrected chi connectivity index (χ2v) is 20.4.